The standard InChI is InChI=1S/C21H22BrNO4/c1-14-5-3-6-17(11-14)27-10-4-9-23-19-8-7-16(22)12-18(19)21(26,20(23)25)13-15(2)24/h3,5-8,11-12,26H,4,9-10,13H2,1-2H3/t21-/m1/s1. The van der Waals surface area contributed by atoms with E-state index in [-0.39, 0.29) is 12.2 Å². The maximum absolute atomic E-state index is 12.9. The molecule has 0 unspecified atom stereocenters. The van der Waals surface area contributed by atoms with Gasteiger partial charge in [0.05, 0.1) is 12.3 Å². The second-order valence-corrected chi connectivity index (χ2v) is 7.79. The lowest BCUT2D eigenvalue weighted by molar-refractivity contribution is -0.141. The van der Waals surface area contributed by atoms with Crippen LogP contribution in [0.3, 0.4) is 0 Å². The number of benzene rings is 2. The van der Waals surface area contributed by atoms with Crippen LogP contribution >= 0.6 is 15.9 Å². The molecule has 0 saturated heterocycles. The van der Waals surface area contributed by atoms with E-state index in [1.54, 1.807) is 17.0 Å². The molecule has 1 atom stereocenters. The molecule has 1 aliphatic rings. The Bertz CT molecular complexity index is 882. The zero-order chi connectivity index (χ0) is 19.6. The average molecular weight is 432 g/mol. The normalized spacial score (nSPS) is 18.5. The highest BCUT2D eigenvalue weighted by molar-refractivity contribution is 9.10. The molecule has 0 radical (unpaired) electrons. The molecule has 1 heterocycles. The molecule has 6 heteroatoms. The second-order valence-electron chi connectivity index (χ2n) is 6.88. The zero-order valence-corrected chi connectivity index (χ0v) is 17.0. The fourth-order valence-electron chi connectivity index (χ4n) is 3.39. The van der Waals surface area contributed by atoms with E-state index >= 15 is 0 Å². The highest BCUT2D eigenvalue weighted by atomic mass is 79.9. The summed E-state index contributed by atoms with van der Waals surface area (Å²) in [6, 6.07) is 13.1. The van der Waals surface area contributed by atoms with E-state index < -0.39 is 11.5 Å². The molecule has 2 aromatic rings. The molecule has 1 amide bonds. The van der Waals surface area contributed by atoms with E-state index in [0.29, 0.717) is 30.8 Å². The molecule has 1 aliphatic heterocycles. The second kappa shape index (κ2) is 7.82. The first-order valence-corrected chi connectivity index (χ1v) is 9.64. The van der Waals surface area contributed by atoms with Crippen LogP contribution in [0.15, 0.2) is 46.9 Å². The first-order chi connectivity index (χ1) is 12.8. The summed E-state index contributed by atoms with van der Waals surface area (Å²) >= 11 is 3.37. The van der Waals surface area contributed by atoms with Gasteiger partial charge in [-0.25, -0.2) is 0 Å². The van der Waals surface area contributed by atoms with Gasteiger partial charge < -0.3 is 14.7 Å². The van der Waals surface area contributed by atoms with Crippen LogP contribution < -0.4 is 9.64 Å². The number of fused-ring (bicyclic) bond motifs is 1. The number of rotatable bonds is 7. The number of anilines is 1. The fourth-order valence-corrected chi connectivity index (χ4v) is 3.75. The van der Waals surface area contributed by atoms with Crippen LogP contribution in [0, 0.1) is 6.92 Å². The Labute approximate surface area is 167 Å². The minimum atomic E-state index is -1.80. The summed E-state index contributed by atoms with van der Waals surface area (Å²) in [4.78, 5) is 26.1. The molecule has 142 valence electrons. The average Bonchev–Trinajstić information content (AvgIpc) is 2.79. The van der Waals surface area contributed by atoms with Gasteiger partial charge in [0, 0.05) is 23.0 Å². The maximum Gasteiger partial charge on any atom is 0.264 e. The smallest absolute Gasteiger partial charge is 0.264 e. The number of ether oxygens (including phenoxy) is 1. The van der Waals surface area contributed by atoms with E-state index in [4.69, 9.17) is 4.74 Å². The lowest BCUT2D eigenvalue weighted by Crippen LogP contribution is -2.42. The van der Waals surface area contributed by atoms with Crippen LogP contribution in [0.1, 0.15) is 30.9 Å². The molecule has 3 rings (SSSR count). The Kier molecular flexibility index (Phi) is 5.67. The minimum absolute atomic E-state index is 0.231. The van der Waals surface area contributed by atoms with E-state index in [2.05, 4.69) is 15.9 Å². The Morgan fingerprint density at radius 2 is 2.04 bits per heavy atom. The monoisotopic (exact) mass is 431 g/mol. The number of nitrogens with zero attached hydrogens (tertiary/aromatic N) is 1. The van der Waals surface area contributed by atoms with Gasteiger partial charge in [0.15, 0.2) is 5.60 Å². The Morgan fingerprint density at radius 1 is 1.26 bits per heavy atom. The van der Waals surface area contributed by atoms with Crippen molar-refractivity contribution in [3.8, 4) is 5.75 Å². The molecular formula is C21H22BrNO4. The lowest BCUT2D eigenvalue weighted by Gasteiger charge is -2.22. The number of aryl methyl sites for hydroxylation is 1. The number of carbonyl (C=O) groups is 2. The molecule has 27 heavy (non-hydrogen) atoms. The Balaban J connectivity index is 1.72. The molecular weight excluding hydrogens is 410 g/mol. The molecule has 0 bridgehead atoms. The largest absolute Gasteiger partial charge is 0.494 e. The molecule has 0 aliphatic carbocycles. The van der Waals surface area contributed by atoms with Gasteiger partial charge in [0.1, 0.15) is 11.5 Å². The van der Waals surface area contributed by atoms with Gasteiger partial charge >= 0.3 is 0 Å². The van der Waals surface area contributed by atoms with Gasteiger partial charge in [-0.1, -0.05) is 28.1 Å². The van der Waals surface area contributed by atoms with Crippen LogP contribution in [0.2, 0.25) is 0 Å². The first kappa shape index (κ1) is 19.6. The van der Waals surface area contributed by atoms with Crippen LogP contribution in [-0.2, 0) is 15.2 Å². The number of hydrogen-bond donors (Lipinski definition) is 1. The van der Waals surface area contributed by atoms with Crippen LogP contribution in [0.5, 0.6) is 5.75 Å². The summed E-state index contributed by atoms with van der Waals surface area (Å²) in [5, 5.41) is 11.0. The Hall–Kier alpha value is -2.18. The van der Waals surface area contributed by atoms with Crippen molar-refractivity contribution in [2.24, 2.45) is 0 Å². The predicted molar refractivity (Wildman–Crippen MR) is 107 cm³/mol. The third-order valence-electron chi connectivity index (χ3n) is 4.58. The van der Waals surface area contributed by atoms with Crippen molar-refractivity contribution in [3.63, 3.8) is 0 Å². The lowest BCUT2D eigenvalue weighted by atomic mass is 9.90. The van der Waals surface area contributed by atoms with Crippen LogP contribution in [-0.4, -0.2) is 29.9 Å². The minimum Gasteiger partial charge on any atom is -0.494 e. The molecule has 0 aromatic heterocycles. The van der Waals surface area contributed by atoms with E-state index in [0.717, 1.165) is 15.8 Å². The molecule has 2 aromatic carbocycles. The van der Waals surface area contributed by atoms with Crippen molar-refractivity contribution in [2.45, 2.75) is 32.3 Å². The maximum atomic E-state index is 12.9. The molecule has 0 saturated carbocycles. The van der Waals surface area contributed by atoms with E-state index in [1.807, 2.05) is 37.3 Å². The summed E-state index contributed by atoms with van der Waals surface area (Å²) in [5.74, 6) is 0.0999. The van der Waals surface area contributed by atoms with Crippen molar-refractivity contribution < 1.29 is 19.4 Å². The van der Waals surface area contributed by atoms with Gasteiger partial charge in [-0.2, -0.15) is 0 Å². The van der Waals surface area contributed by atoms with Crippen molar-refractivity contribution in [1.29, 1.82) is 0 Å². The number of Topliss-reactive ketones (excluding diaryl/α,β-unsaturated/α-hetero) is 1. The molecule has 0 fully saturated rings. The van der Waals surface area contributed by atoms with Crippen molar-refractivity contribution in [2.75, 3.05) is 18.1 Å². The number of ketones is 1. The van der Waals surface area contributed by atoms with Crippen molar-refractivity contribution >= 4 is 33.3 Å². The third-order valence-corrected chi connectivity index (χ3v) is 5.08. The van der Waals surface area contributed by atoms with Gasteiger partial charge in [-0.3, -0.25) is 9.59 Å². The summed E-state index contributed by atoms with van der Waals surface area (Å²) in [5.41, 5.74) is 0.428. The summed E-state index contributed by atoms with van der Waals surface area (Å²) in [6.45, 7) is 4.23. The number of halogens is 1. The first-order valence-electron chi connectivity index (χ1n) is 8.84. The zero-order valence-electron chi connectivity index (χ0n) is 15.4. The highest BCUT2D eigenvalue weighted by Crippen LogP contribution is 2.43. The van der Waals surface area contributed by atoms with E-state index in [1.165, 1.54) is 6.92 Å². The predicted octanol–water partition coefficient (Wildman–Crippen LogP) is 3.74. The highest BCUT2D eigenvalue weighted by Gasteiger charge is 2.50. The summed E-state index contributed by atoms with van der Waals surface area (Å²) in [6.07, 6.45) is 0.372. The fraction of sp³-hybridized carbons (Fsp3) is 0.333. The third kappa shape index (κ3) is 4.06. The summed E-state index contributed by atoms with van der Waals surface area (Å²) in [7, 11) is 0. The number of carbonyl (C=O) groups excluding carboxylic acids is 2. The molecule has 0 spiro atoms. The molecule has 5 nitrogen and oxygen atoms in total. The van der Waals surface area contributed by atoms with Gasteiger partial charge in [-0.05, 0) is 56.2 Å². The van der Waals surface area contributed by atoms with Crippen molar-refractivity contribution in [3.05, 3.63) is 58.1 Å². The van der Waals surface area contributed by atoms with Crippen LogP contribution in [0.25, 0.3) is 0 Å². The Morgan fingerprint density at radius 3 is 2.74 bits per heavy atom. The molecule has 1 N–H and O–H groups in total. The van der Waals surface area contributed by atoms with Crippen LogP contribution in [0.4, 0.5) is 5.69 Å². The van der Waals surface area contributed by atoms with Crippen molar-refractivity contribution in [1.82, 2.24) is 0 Å². The number of aliphatic hydroxyl groups is 1. The SMILES string of the molecule is CC(=O)C[C@]1(O)C(=O)N(CCCOc2cccc(C)c2)c2ccc(Br)cc21. The van der Waals surface area contributed by atoms with Gasteiger partial charge in [0.25, 0.3) is 5.91 Å². The van der Waals surface area contributed by atoms with Gasteiger partial charge in [0.2, 0.25) is 0 Å². The summed E-state index contributed by atoms with van der Waals surface area (Å²) < 4.78 is 6.49. The quantitative estimate of drug-likeness (QED) is 0.677. The van der Waals surface area contributed by atoms with E-state index in [9.17, 15) is 14.7 Å². The number of hydrogen-bond acceptors (Lipinski definition) is 4. The number of amides is 1. The topological polar surface area (TPSA) is 66.8 Å². The van der Waals surface area contributed by atoms with Gasteiger partial charge in [-0.15, -0.1) is 0 Å².